The van der Waals surface area contributed by atoms with Gasteiger partial charge in [-0.25, -0.2) is 4.79 Å². The summed E-state index contributed by atoms with van der Waals surface area (Å²) in [6.07, 6.45) is 3.23. The van der Waals surface area contributed by atoms with E-state index in [4.69, 9.17) is 4.74 Å². The van der Waals surface area contributed by atoms with E-state index in [0.29, 0.717) is 13.0 Å². The molecule has 2 atom stereocenters. The van der Waals surface area contributed by atoms with Crippen molar-refractivity contribution in [3.05, 3.63) is 35.9 Å². The second-order valence-corrected chi connectivity index (χ2v) is 7.30. The SMILES string of the molecule is O=C(NC(CO)CCN1CCC2(CC2)C(O)C1)OCc1ccccc1. The van der Waals surface area contributed by atoms with Crippen LogP contribution in [0.15, 0.2) is 30.3 Å². The maximum atomic E-state index is 11.9. The number of amides is 1. The topological polar surface area (TPSA) is 82.0 Å². The molecule has 1 aromatic rings. The molecule has 3 N–H and O–H groups in total. The maximum absolute atomic E-state index is 11.9. The number of piperidine rings is 1. The minimum absolute atomic E-state index is 0.124. The number of aliphatic hydroxyl groups is 2. The zero-order valence-electron chi connectivity index (χ0n) is 14.6. The van der Waals surface area contributed by atoms with Crippen LogP contribution in [0.3, 0.4) is 0 Å². The Labute approximate surface area is 148 Å². The van der Waals surface area contributed by atoms with Crippen molar-refractivity contribution in [1.82, 2.24) is 10.2 Å². The summed E-state index contributed by atoms with van der Waals surface area (Å²) >= 11 is 0. The summed E-state index contributed by atoms with van der Waals surface area (Å²) in [5, 5.41) is 22.4. The molecule has 3 rings (SSSR count). The largest absolute Gasteiger partial charge is 0.445 e. The van der Waals surface area contributed by atoms with Crippen molar-refractivity contribution < 1.29 is 19.7 Å². The zero-order chi connectivity index (χ0) is 17.7. The van der Waals surface area contributed by atoms with Crippen LogP contribution in [0.1, 0.15) is 31.2 Å². The van der Waals surface area contributed by atoms with E-state index in [1.165, 1.54) is 0 Å². The van der Waals surface area contributed by atoms with Crippen molar-refractivity contribution in [2.24, 2.45) is 5.41 Å². The highest BCUT2D eigenvalue weighted by Gasteiger charge is 2.51. The molecule has 1 saturated heterocycles. The molecular weight excluding hydrogens is 320 g/mol. The fourth-order valence-corrected chi connectivity index (χ4v) is 3.50. The summed E-state index contributed by atoms with van der Waals surface area (Å²) in [7, 11) is 0. The van der Waals surface area contributed by atoms with Gasteiger partial charge in [0.2, 0.25) is 0 Å². The molecule has 2 fully saturated rings. The van der Waals surface area contributed by atoms with Gasteiger partial charge in [-0.05, 0) is 43.2 Å². The van der Waals surface area contributed by atoms with E-state index in [2.05, 4.69) is 10.2 Å². The average Bonchev–Trinajstić information content (AvgIpc) is 3.41. The summed E-state index contributed by atoms with van der Waals surface area (Å²) in [5.41, 5.74) is 1.13. The lowest BCUT2D eigenvalue weighted by Crippen LogP contribution is -2.47. The number of hydrogen-bond acceptors (Lipinski definition) is 5. The zero-order valence-corrected chi connectivity index (χ0v) is 14.6. The third-order valence-electron chi connectivity index (χ3n) is 5.51. The molecule has 6 heteroatoms. The summed E-state index contributed by atoms with van der Waals surface area (Å²) in [6.45, 7) is 2.51. The number of hydrogen-bond donors (Lipinski definition) is 3. The first-order valence-corrected chi connectivity index (χ1v) is 9.10. The van der Waals surface area contributed by atoms with Crippen molar-refractivity contribution in [3.8, 4) is 0 Å². The van der Waals surface area contributed by atoms with Crippen LogP contribution in [0.5, 0.6) is 0 Å². The Kier molecular flexibility index (Phi) is 5.93. The number of ether oxygens (including phenoxy) is 1. The van der Waals surface area contributed by atoms with Crippen LogP contribution in [0.2, 0.25) is 0 Å². The molecule has 1 heterocycles. The normalized spacial score (nSPS) is 23.2. The van der Waals surface area contributed by atoms with E-state index in [9.17, 15) is 15.0 Å². The standard InChI is InChI=1S/C19H28N2O4/c22-13-16(20-18(24)25-14-15-4-2-1-3-5-15)6-10-21-11-9-19(7-8-19)17(23)12-21/h1-5,16-17,22-23H,6-14H2,(H,20,24). The minimum atomic E-state index is -0.515. The second-order valence-electron chi connectivity index (χ2n) is 7.30. The Morgan fingerprint density at radius 1 is 1.32 bits per heavy atom. The van der Waals surface area contributed by atoms with Crippen molar-refractivity contribution in [3.63, 3.8) is 0 Å². The highest BCUT2D eigenvalue weighted by molar-refractivity contribution is 5.67. The quantitative estimate of drug-likeness (QED) is 0.696. The average molecular weight is 348 g/mol. The van der Waals surface area contributed by atoms with Crippen LogP contribution in [0, 0.1) is 5.41 Å². The molecular formula is C19H28N2O4. The van der Waals surface area contributed by atoms with Crippen molar-refractivity contribution in [2.45, 2.75) is 44.4 Å². The summed E-state index contributed by atoms with van der Waals surface area (Å²) in [5.74, 6) is 0. The Morgan fingerprint density at radius 2 is 2.08 bits per heavy atom. The number of nitrogens with zero attached hydrogens (tertiary/aromatic N) is 1. The number of nitrogens with one attached hydrogen (secondary N) is 1. The summed E-state index contributed by atoms with van der Waals surface area (Å²) in [4.78, 5) is 14.1. The van der Waals surface area contributed by atoms with E-state index in [1.807, 2.05) is 30.3 Å². The number of β-amino-alcohol motifs (C(OH)–C–C–N with tert-alkyl or cyclic N) is 1. The lowest BCUT2D eigenvalue weighted by atomic mass is 9.90. The number of benzene rings is 1. The third kappa shape index (κ3) is 4.93. The van der Waals surface area contributed by atoms with Gasteiger partial charge in [-0.1, -0.05) is 30.3 Å². The number of alkyl carbamates (subject to hydrolysis) is 1. The van der Waals surface area contributed by atoms with Crippen molar-refractivity contribution in [2.75, 3.05) is 26.2 Å². The molecule has 1 saturated carbocycles. The number of likely N-dealkylation sites (tertiary alicyclic amines) is 1. The smallest absolute Gasteiger partial charge is 0.407 e. The van der Waals surface area contributed by atoms with E-state index in [-0.39, 0.29) is 30.8 Å². The third-order valence-corrected chi connectivity index (χ3v) is 5.51. The van der Waals surface area contributed by atoms with E-state index in [0.717, 1.165) is 37.9 Å². The van der Waals surface area contributed by atoms with Crippen LogP contribution < -0.4 is 5.32 Å². The van der Waals surface area contributed by atoms with Gasteiger partial charge in [-0.3, -0.25) is 0 Å². The molecule has 0 bridgehead atoms. The fourth-order valence-electron chi connectivity index (χ4n) is 3.50. The van der Waals surface area contributed by atoms with Gasteiger partial charge in [-0.2, -0.15) is 0 Å². The van der Waals surface area contributed by atoms with Crippen LogP contribution in [0.25, 0.3) is 0 Å². The molecule has 1 aliphatic heterocycles. The molecule has 6 nitrogen and oxygen atoms in total. The molecule has 2 aliphatic rings. The Morgan fingerprint density at radius 3 is 2.72 bits per heavy atom. The molecule has 2 unspecified atom stereocenters. The van der Waals surface area contributed by atoms with Gasteiger partial charge < -0.3 is 25.2 Å². The molecule has 1 spiro atoms. The summed E-state index contributed by atoms with van der Waals surface area (Å²) < 4.78 is 5.19. The van der Waals surface area contributed by atoms with Gasteiger partial charge in [0, 0.05) is 13.1 Å². The molecule has 1 aliphatic carbocycles. The Hall–Kier alpha value is -1.63. The first-order valence-electron chi connectivity index (χ1n) is 9.10. The molecule has 0 aromatic heterocycles. The number of carbonyl (C=O) groups excluding carboxylic acids is 1. The predicted molar refractivity (Wildman–Crippen MR) is 94.0 cm³/mol. The fraction of sp³-hybridized carbons (Fsp3) is 0.632. The monoisotopic (exact) mass is 348 g/mol. The molecule has 1 amide bonds. The van der Waals surface area contributed by atoms with Crippen molar-refractivity contribution in [1.29, 1.82) is 0 Å². The van der Waals surface area contributed by atoms with E-state index >= 15 is 0 Å². The highest BCUT2D eigenvalue weighted by Crippen LogP contribution is 2.53. The van der Waals surface area contributed by atoms with Crippen LogP contribution >= 0.6 is 0 Å². The van der Waals surface area contributed by atoms with Gasteiger partial charge in [0.15, 0.2) is 0 Å². The molecule has 1 aromatic carbocycles. The molecule has 138 valence electrons. The number of rotatable bonds is 7. The first kappa shape index (κ1) is 18.2. The molecule has 25 heavy (non-hydrogen) atoms. The van der Waals surface area contributed by atoms with E-state index < -0.39 is 6.09 Å². The lowest BCUT2D eigenvalue weighted by molar-refractivity contribution is 0.00668. The van der Waals surface area contributed by atoms with Gasteiger partial charge in [0.1, 0.15) is 6.61 Å². The lowest BCUT2D eigenvalue weighted by Gasteiger charge is -2.36. The van der Waals surface area contributed by atoms with Crippen molar-refractivity contribution >= 4 is 6.09 Å². The summed E-state index contributed by atoms with van der Waals surface area (Å²) in [6, 6.07) is 9.15. The van der Waals surface area contributed by atoms with Gasteiger partial charge >= 0.3 is 6.09 Å². The van der Waals surface area contributed by atoms with Gasteiger partial charge in [0.05, 0.1) is 18.8 Å². The Bertz CT molecular complexity index is 562. The number of aliphatic hydroxyl groups excluding tert-OH is 2. The van der Waals surface area contributed by atoms with Gasteiger partial charge in [0.25, 0.3) is 0 Å². The van der Waals surface area contributed by atoms with Crippen LogP contribution in [-0.4, -0.2) is 59.6 Å². The van der Waals surface area contributed by atoms with Crippen LogP contribution in [-0.2, 0) is 11.3 Å². The predicted octanol–water partition coefficient (Wildman–Crippen LogP) is 1.51. The second kappa shape index (κ2) is 8.17. The highest BCUT2D eigenvalue weighted by atomic mass is 16.5. The van der Waals surface area contributed by atoms with Crippen LogP contribution in [0.4, 0.5) is 4.79 Å². The molecule has 0 radical (unpaired) electrons. The number of carbonyl (C=O) groups is 1. The maximum Gasteiger partial charge on any atom is 0.407 e. The van der Waals surface area contributed by atoms with E-state index in [1.54, 1.807) is 0 Å². The van der Waals surface area contributed by atoms with Gasteiger partial charge in [-0.15, -0.1) is 0 Å². The Balaban J connectivity index is 1.36. The minimum Gasteiger partial charge on any atom is -0.445 e. The first-order chi connectivity index (χ1) is 12.1.